The van der Waals surface area contributed by atoms with Gasteiger partial charge >= 0.3 is 6.03 Å². The van der Waals surface area contributed by atoms with Gasteiger partial charge in [-0.05, 0) is 37.8 Å². The van der Waals surface area contributed by atoms with Crippen LogP contribution in [0.15, 0.2) is 36.5 Å². The summed E-state index contributed by atoms with van der Waals surface area (Å²) >= 11 is 0. The van der Waals surface area contributed by atoms with Gasteiger partial charge in [0.2, 0.25) is 0 Å². The largest absolute Gasteiger partial charge is 0.335 e. The number of carbonyl (C=O) groups is 1. The SMILES string of the molecule is C[C@H](NC(=O)Nc1ccn(-c2ccccc2F)n1)C1CC1. The first kappa shape index (κ1) is 13.6. The van der Waals surface area contributed by atoms with E-state index in [2.05, 4.69) is 15.7 Å². The third-order valence-electron chi connectivity index (χ3n) is 3.62. The van der Waals surface area contributed by atoms with Crippen LogP contribution in [0.3, 0.4) is 0 Å². The predicted molar refractivity (Wildman–Crippen MR) is 77.9 cm³/mol. The molecule has 1 aromatic heterocycles. The maximum absolute atomic E-state index is 13.7. The Kier molecular flexibility index (Phi) is 3.60. The zero-order valence-corrected chi connectivity index (χ0v) is 11.7. The number of carbonyl (C=O) groups excluding carboxylic acids is 1. The fourth-order valence-corrected chi connectivity index (χ4v) is 2.24. The molecular weight excluding hydrogens is 271 g/mol. The van der Waals surface area contributed by atoms with Crippen molar-refractivity contribution in [1.29, 1.82) is 0 Å². The van der Waals surface area contributed by atoms with Gasteiger partial charge in [-0.1, -0.05) is 12.1 Å². The van der Waals surface area contributed by atoms with Crippen molar-refractivity contribution >= 4 is 11.8 Å². The summed E-state index contributed by atoms with van der Waals surface area (Å²) in [6.07, 6.45) is 3.95. The monoisotopic (exact) mass is 288 g/mol. The Labute approximate surface area is 122 Å². The summed E-state index contributed by atoms with van der Waals surface area (Å²) in [5, 5.41) is 9.69. The highest BCUT2D eigenvalue weighted by Gasteiger charge is 2.28. The second-order valence-electron chi connectivity index (χ2n) is 5.32. The zero-order chi connectivity index (χ0) is 14.8. The first-order chi connectivity index (χ1) is 10.1. The summed E-state index contributed by atoms with van der Waals surface area (Å²) in [6.45, 7) is 2.00. The maximum Gasteiger partial charge on any atom is 0.320 e. The van der Waals surface area contributed by atoms with Crippen LogP contribution in [0.25, 0.3) is 5.69 Å². The molecule has 2 N–H and O–H groups in total. The number of hydrogen-bond donors (Lipinski definition) is 2. The van der Waals surface area contributed by atoms with E-state index < -0.39 is 0 Å². The topological polar surface area (TPSA) is 59.0 Å². The highest BCUT2D eigenvalue weighted by molar-refractivity contribution is 5.88. The lowest BCUT2D eigenvalue weighted by atomic mass is 10.2. The van der Waals surface area contributed by atoms with Gasteiger partial charge in [0.15, 0.2) is 5.82 Å². The summed E-state index contributed by atoms with van der Waals surface area (Å²) in [5.74, 6) is 0.615. The van der Waals surface area contributed by atoms with Crippen molar-refractivity contribution in [3.8, 4) is 5.69 Å². The summed E-state index contributed by atoms with van der Waals surface area (Å²) in [4.78, 5) is 11.8. The second kappa shape index (κ2) is 5.55. The van der Waals surface area contributed by atoms with Crippen molar-refractivity contribution in [2.24, 2.45) is 5.92 Å². The van der Waals surface area contributed by atoms with E-state index in [0.717, 1.165) is 0 Å². The van der Waals surface area contributed by atoms with Gasteiger partial charge in [0, 0.05) is 18.3 Å². The normalized spacial score (nSPS) is 15.5. The Morgan fingerprint density at radius 1 is 1.38 bits per heavy atom. The minimum absolute atomic E-state index is 0.165. The molecule has 2 amide bonds. The number of nitrogens with one attached hydrogen (secondary N) is 2. The summed E-state index contributed by atoms with van der Waals surface area (Å²) in [5.41, 5.74) is 0.345. The number of nitrogens with zero attached hydrogens (tertiary/aromatic N) is 2. The highest BCUT2D eigenvalue weighted by atomic mass is 19.1. The molecule has 21 heavy (non-hydrogen) atoms. The van der Waals surface area contributed by atoms with Crippen LogP contribution in [0.2, 0.25) is 0 Å². The lowest BCUT2D eigenvalue weighted by Crippen LogP contribution is -2.37. The van der Waals surface area contributed by atoms with Gasteiger partial charge in [0.1, 0.15) is 11.5 Å². The first-order valence-electron chi connectivity index (χ1n) is 7.01. The Morgan fingerprint density at radius 2 is 2.14 bits per heavy atom. The summed E-state index contributed by atoms with van der Waals surface area (Å²) < 4.78 is 15.1. The van der Waals surface area contributed by atoms with Gasteiger partial charge in [0.05, 0.1) is 0 Å². The van der Waals surface area contributed by atoms with Crippen molar-refractivity contribution in [2.45, 2.75) is 25.8 Å². The van der Waals surface area contributed by atoms with Crippen LogP contribution in [0.5, 0.6) is 0 Å². The van der Waals surface area contributed by atoms with E-state index in [1.165, 1.54) is 23.6 Å². The number of benzene rings is 1. The van der Waals surface area contributed by atoms with Crippen molar-refractivity contribution in [3.63, 3.8) is 0 Å². The van der Waals surface area contributed by atoms with Crippen LogP contribution in [0.4, 0.5) is 15.0 Å². The lowest BCUT2D eigenvalue weighted by Gasteiger charge is -2.12. The number of rotatable bonds is 4. The van der Waals surface area contributed by atoms with E-state index in [1.54, 1.807) is 30.5 Å². The Morgan fingerprint density at radius 3 is 2.86 bits per heavy atom. The third kappa shape index (κ3) is 3.21. The molecular formula is C15H17FN4O. The van der Waals surface area contributed by atoms with E-state index in [4.69, 9.17) is 0 Å². The molecule has 0 spiro atoms. The Bertz CT molecular complexity index is 651. The number of aromatic nitrogens is 2. The first-order valence-corrected chi connectivity index (χ1v) is 7.01. The van der Waals surface area contributed by atoms with Crippen LogP contribution < -0.4 is 10.6 Å². The fourth-order valence-electron chi connectivity index (χ4n) is 2.24. The lowest BCUT2D eigenvalue weighted by molar-refractivity contribution is 0.248. The van der Waals surface area contributed by atoms with E-state index in [1.807, 2.05) is 6.92 Å². The van der Waals surface area contributed by atoms with Gasteiger partial charge in [-0.2, -0.15) is 0 Å². The summed E-state index contributed by atoms with van der Waals surface area (Å²) in [6, 6.07) is 7.86. The van der Waals surface area contributed by atoms with Gasteiger partial charge in [-0.15, -0.1) is 5.10 Å². The second-order valence-corrected chi connectivity index (χ2v) is 5.32. The van der Waals surface area contributed by atoms with E-state index in [-0.39, 0.29) is 17.9 Å². The Hall–Kier alpha value is -2.37. The molecule has 1 heterocycles. The minimum Gasteiger partial charge on any atom is -0.335 e. The quantitative estimate of drug-likeness (QED) is 0.908. The van der Waals surface area contributed by atoms with E-state index in [0.29, 0.717) is 17.4 Å². The molecule has 1 atom stereocenters. The molecule has 1 aliphatic carbocycles. The van der Waals surface area contributed by atoms with Crippen molar-refractivity contribution in [1.82, 2.24) is 15.1 Å². The van der Waals surface area contributed by atoms with Crippen LogP contribution in [-0.2, 0) is 0 Å². The van der Waals surface area contributed by atoms with Gasteiger partial charge < -0.3 is 5.32 Å². The van der Waals surface area contributed by atoms with Crippen LogP contribution in [0.1, 0.15) is 19.8 Å². The molecule has 1 fully saturated rings. The minimum atomic E-state index is -0.362. The third-order valence-corrected chi connectivity index (χ3v) is 3.62. The molecule has 0 unspecified atom stereocenters. The molecule has 0 radical (unpaired) electrons. The van der Waals surface area contributed by atoms with Gasteiger partial charge in [-0.25, -0.2) is 13.9 Å². The molecule has 5 nitrogen and oxygen atoms in total. The van der Waals surface area contributed by atoms with Crippen molar-refractivity contribution in [3.05, 3.63) is 42.3 Å². The molecule has 1 aromatic carbocycles. The van der Waals surface area contributed by atoms with Crippen LogP contribution >= 0.6 is 0 Å². The summed E-state index contributed by atoms with van der Waals surface area (Å²) in [7, 11) is 0. The molecule has 6 heteroatoms. The standard InChI is InChI=1S/C15H17FN4O/c1-10(11-6-7-11)17-15(21)18-14-8-9-20(19-14)13-5-3-2-4-12(13)16/h2-5,8-11H,6-7H2,1H3,(H2,17,18,19,21)/t10-/m0/s1. The zero-order valence-electron chi connectivity index (χ0n) is 11.7. The van der Waals surface area contributed by atoms with Crippen molar-refractivity contribution in [2.75, 3.05) is 5.32 Å². The number of para-hydroxylation sites is 1. The Balaban J connectivity index is 1.65. The average Bonchev–Trinajstić information content (AvgIpc) is 3.21. The molecule has 0 saturated heterocycles. The number of amides is 2. The fraction of sp³-hybridized carbons (Fsp3) is 0.333. The van der Waals surface area contributed by atoms with Gasteiger partial charge in [0.25, 0.3) is 0 Å². The molecule has 110 valence electrons. The molecule has 2 aromatic rings. The van der Waals surface area contributed by atoms with Crippen LogP contribution in [-0.4, -0.2) is 21.9 Å². The van der Waals surface area contributed by atoms with Crippen LogP contribution in [0, 0.1) is 11.7 Å². The molecule has 3 rings (SSSR count). The number of urea groups is 1. The number of hydrogen-bond acceptors (Lipinski definition) is 2. The molecule has 0 bridgehead atoms. The molecule has 0 aliphatic heterocycles. The maximum atomic E-state index is 13.7. The molecule has 1 aliphatic rings. The number of halogens is 1. The highest BCUT2D eigenvalue weighted by Crippen LogP contribution is 2.32. The van der Waals surface area contributed by atoms with Gasteiger partial charge in [-0.3, -0.25) is 5.32 Å². The van der Waals surface area contributed by atoms with E-state index >= 15 is 0 Å². The smallest absolute Gasteiger partial charge is 0.320 e. The average molecular weight is 288 g/mol. The van der Waals surface area contributed by atoms with E-state index in [9.17, 15) is 9.18 Å². The van der Waals surface area contributed by atoms with Crippen molar-refractivity contribution < 1.29 is 9.18 Å². The molecule has 1 saturated carbocycles. The predicted octanol–water partition coefficient (Wildman–Crippen LogP) is 2.93. The number of anilines is 1.